The first kappa shape index (κ1) is 21.7. The third-order valence-corrected chi connectivity index (χ3v) is 8.34. The lowest BCUT2D eigenvalue weighted by Gasteiger charge is -2.54. The first-order valence-corrected chi connectivity index (χ1v) is 12.6. The van der Waals surface area contributed by atoms with Crippen LogP contribution < -0.4 is 4.74 Å². The molecule has 0 aromatic heterocycles. The van der Waals surface area contributed by atoms with E-state index in [2.05, 4.69) is 14.7 Å². The van der Waals surface area contributed by atoms with Gasteiger partial charge in [0.25, 0.3) is 0 Å². The highest BCUT2D eigenvalue weighted by atomic mass is 16.5. The van der Waals surface area contributed by atoms with Gasteiger partial charge in [0.05, 0.1) is 7.11 Å². The second-order valence-corrected chi connectivity index (χ2v) is 10.2. The summed E-state index contributed by atoms with van der Waals surface area (Å²) in [6.45, 7) is 4.97. The molecule has 32 heavy (non-hydrogen) atoms. The maximum Gasteiger partial charge on any atom is 0.222 e. The van der Waals surface area contributed by atoms with Crippen LogP contribution in [0, 0.1) is 11.8 Å². The van der Waals surface area contributed by atoms with E-state index in [0.717, 1.165) is 76.1 Å². The Hall–Kier alpha value is -2.08. The number of methoxy groups -OCH3 is 1. The van der Waals surface area contributed by atoms with Crippen molar-refractivity contribution >= 4 is 11.8 Å². The quantitative estimate of drug-likeness (QED) is 0.708. The molecule has 174 valence electrons. The van der Waals surface area contributed by atoms with Gasteiger partial charge in [0.2, 0.25) is 11.8 Å². The summed E-state index contributed by atoms with van der Waals surface area (Å²) in [5.41, 5.74) is 1.10. The minimum absolute atomic E-state index is 0.265. The molecule has 4 fully saturated rings. The van der Waals surface area contributed by atoms with Crippen LogP contribution in [0.1, 0.15) is 50.5 Å². The topological polar surface area (TPSA) is 53.1 Å². The summed E-state index contributed by atoms with van der Waals surface area (Å²) in [6.07, 6.45) is 7.74. The van der Waals surface area contributed by atoms with E-state index < -0.39 is 0 Å². The second-order valence-electron chi connectivity index (χ2n) is 10.2. The van der Waals surface area contributed by atoms with Gasteiger partial charge in [-0.2, -0.15) is 0 Å². The van der Waals surface area contributed by atoms with Crippen LogP contribution in [0.15, 0.2) is 24.3 Å². The summed E-state index contributed by atoms with van der Waals surface area (Å²) in [5.74, 6) is 2.80. The van der Waals surface area contributed by atoms with Crippen molar-refractivity contribution in [2.75, 3.05) is 39.8 Å². The molecule has 0 spiro atoms. The van der Waals surface area contributed by atoms with Gasteiger partial charge in [-0.1, -0.05) is 18.2 Å². The van der Waals surface area contributed by atoms with Crippen LogP contribution in [0.2, 0.25) is 0 Å². The summed E-state index contributed by atoms with van der Waals surface area (Å²) in [4.78, 5) is 32.2. The van der Waals surface area contributed by atoms with Crippen LogP contribution in [0.25, 0.3) is 0 Å². The summed E-state index contributed by atoms with van der Waals surface area (Å²) in [6, 6.07) is 9.04. The normalized spacial score (nSPS) is 29.0. The van der Waals surface area contributed by atoms with Crippen molar-refractivity contribution in [1.29, 1.82) is 0 Å². The number of rotatable bonds is 5. The summed E-state index contributed by atoms with van der Waals surface area (Å²) in [7, 11) is 1.68. The number of piperidine rings is 4. The van der Waals surface area contributed by atoms with Crippen LogP contribution in [-0.4, -0.2) is 78.4 Å². The zero-order valence-corrected chi connectivity index (χ0v) is 19.4. The monoisotopic (exact) mass is 439 g/mol. The van der Waals surface area contributed by atoms with E-state index in [1.807, 2.05) is 24.3 Å². The first-order chi connectivity index (χ1) is 15.6. The molecule has 1 aromatic carbocycles. The van der Waals surface area contributed by atoms with Gasteiger partial charge in [0, 0.05) is 57.6 Å². The Bertz CT molecular complexity index is 835. The molecular weight excluding hydrogens is 402 g/mol. The number of benzene rings is 1. The molecular formula is C26H37N3O3. The lowest BCUT2D eigenvalue weighted by Crippen LogP contribution is -2.62. The van der Waals surface area contributed by atoms with E-state index in [1.54, 1.807) is 7.11 Å². The van der Waals surface area contributed by atoms with Crippen molar-refractivity contribution in [3.05, 3.63) is 29.8 Å². The highest BCUT2D eigenvalue weighted by Gasteiger charge is 2.45. The number of para-hydroxylation sites is 1. The molecule has 0 N–H and O–H groups in total. The highest BCUT2D eigenvalue weighted by Crippen LogP contribution is 2.39. The van der Waals surface area contributed by atoms with Gasteiger partial charge in [-0.05, 0) is 62.0 Å². The van der Waals surface area contributed by atoms with Gasteiger partial charge in [-0.3, -0.25) is 14.5 Å². The number of likely N-dealkylation sites (tertiary alicyclic amines) is 2. The molecule has 3 atom stereocenters. The number of amides is 2. The van der Waals surface area contributed by atoms with Gasteiger partial charge in [0.1, 0.15) is 5.75 Å². The Kier molecular flexibility index (Phi) is 6.40. The third kappa shape index (κ3) is 4.39. The fraction of sp³-hybridized carbons (Fsp3) is 0.692. The number of hydrogen-bond acceptors (Lipinski definition) is 4. The average Bonchev–Trinajstić information content (AvgIpc) is 2.83. The SMILES string of the molecule is COc1ccccc1CCC(=O)N1CCC(N2CC3CC(C2)[C@H]2CCCC(=O)N2C3)CC1. The number of hydrogen-bond donors (Lipinski definition) is 0. The number of fused-ring (bicyclic) bond motifs is 4. The molecule has 4 aliphatic rings. The Morgan fingerprint density at radius 1 is 1.09 bits per heavy atom. The number of carbonyl (C=O) groups excluding carboxylic acids is 2. The Morgan fingerprint density at radius 2 is 1.91 bits per heavy atom. The molecule has 4 saturated heterocycles. The van der Waals surface area contributed by atoms with Crippen molar-refractivity contribution in [3.8, 4) is 5.75 Å². The molecule has 2 bridgehead atoms. The van der Waals surface area contributed by atoms with Crippen LogP contribution in [-0.2, 0) is 16.0 Å². The van der Waals surface area contributed by atoms with E-state index in [0.29, 0.717) is 36.2 Å². The zero-order chi connectivity index (χ0) is 22.1. The van der Waals surface area contributed by atoms with Crippen LogP contribution in [0.5, 0.6) is 5.75 Å². The molecule has 4 heterocycles. The second kappa shape index (κ2) is 9.42. The predicted molar refractivity (Wildman–Crippen MR) is 123 cm³/mol. The lowest BCUT2D eigenvalue weighted by molar-refractivity contribution is -0.146. The average molecular weight is 440 g/mol. The molecule has 1 aromatic rings. The molecule has 6 heteroatoms. The Labute approximate surface area is 191 Å². The number of carbonyl (C=O) groups is 2. The maximum absolute atomic E-state index is 12.8. The van der Waals surface area contributed by atoms with E-state index >= 15 is 0 Å². The smallest absolute Gasteiger partial charge is 0.222 e. The van der Waals surface area contributed by atoms with Crippen LogP contribution >= 0.6 is 0 Å². The van der Waals surface area contributed by atoms with Crippen molar-refractivity contribution in [3.63, 3.8) is 0 Å². The van der Waals surface area contributed by atoms with Crippen LogP contribution in [0.3, 0.4) is 0 Å². The van der Waals surface area contributed by atoms with E-state index in [-0.39, 0.29) is 5.91 Å². The zero-order valence-electron chi connectivity index (χ0n) is 19.4. The largest absolute Gasteiger partial charge is 0.496 e. The predicted octanol–water partition coefficient (Wildman–Crippen LogP) is 2.95. The Morgan fingerprint density at radius 3 is 2.72 bits per heavy atom. The van der Waals surface area contributed by atoms with Crippen molar-refractivity contribution in [1.82, 2.24) is 14.7 Å². The molecule has 6 nitrogen and oxygen atoms in total. The summed E-state index contributed by atoms with van der Waals surface area (Å²) >= 11 is 0. The van der Waals surface area contributed by atoms with Crippen molar-refractivity contribution in [2.24, 2.45) is 11.8 Å². The minimum Gasteiger partial charge on any atom is -0.496 e. The van der Waals surface area contributed by atoms with Gasteiger partial charge in [0.15, 0.2) is 0 Å². The molecule has 0 saturated carbocycles. The van der Waals surface area contributed by atoms with Gasteiger partial charge >= 0.3 is 0 Å². The van der Waals surface area contributed by atoms with E-state index in [9.17, 15) is 9.59 Å². The lowest BCUT2D eigenvalue weighted by atomic mass is 9.75. The summed E-state index contributed by atoms with van der Waals surface area (Å²) < 4.78 is 5.42. The number of aryl methyl sites for hydroxylation is 1. The number of ether oxygens (including phenoxy) is 1. The number of nitrogens with zero attached hydrogens (tertiary/aromatic N) is 3. The first-order valence-electron chi connectivity index (χ1n) is 12.6. The third-order valence-electron chi connectivity index (χ3n) is 8.34. The maximum atomic E-state index is 12.8. The minimum atomic E-state index is 0.265. The van der Waals surface area contributed by atoms with Crippen molar-refractivity contribution in [2.45, 2.75) is 63.5 Å². The molecule has 5 rings (SSSR count). The Balaban J connectivity index is 1.12. The molecule has 2 unspecified atom stereocenters. The molecule has 0 aliphatic carbocycles. The molecule has 4 aliphatic heterocycles. The highest BCUT2D eigenvalue weighted by molar-refractivity contribution is 5.77. The molecule has 0 radical (unpaired) electrons. The standard InChI is InChI=1S/C26H37N3O3/c1-32-24-7-3-2-5-20(24)9-10-25(30)27-13-11-22(12-14-27)28-16-19-15-21(18-28)23-6-4-8-26(31)29(23)17-19/h2-3,5,7,19,21-23H,4,6,8-18H2,1H3/t19?,21?,23-/m1/s1. The van der Waals surface area contributed by atoms with Gasteiger partial charge in [-0.25, -0.2) is 0 Å². The molecule has 2 amide bonds. The van der Waals surface area contributed by atoms with E-state index in [1.165, 1.54) is 12.8 Å². The fourth-order valence-corrected chi connectivity index (χ4v) is 6.74. The summed E-state index contributed by atoms with van der Waals surface area (Å²) in [5, 5.41) is 0. The van der Waals surface area contributed by atoms with Crippen LogP contribution in [0.4, 0.5) is 0 Å². The van der Waals surface area contributed by atoms with Crippen molar-refractivity contribution < 1.29 is 14.3 Å². The van der Waals surface area contributed by atoms with Gasteiger partial charge < -0.3 is 14.5 Å². The van der Waals surface area contributed by atoms with E-state index in [4.69, 9.17) is 4.74 Å². The van der Waals surface area contributed by atoms with Gasteiger partial charge in [-0.15, -0.1) is 0 Å². The fourth-order valence-electron chi connectivity index (χ4n) is 6.74.